The van der Waals surface area contributed by atoms with E-state index in [1.807, 2.05) is 23.1 Å². The Labute approximate surface area is 189 Å². The second kappa shape index (κ2) is 9.41. The quantitative estimate of drug-likeness (QED) is 0.727. The summed E-state index contributed by atoms with van der Waals surface area (Å²) in [6.45, 7) is 5.73. The SMILES string of the molecule is CC(C)(O)C#Cc1ccc([C@@H]2[C@@H](CO)N3CCCCN(C(=O)c4cccnc4)C[C@H]23)cc1. The van der Waals surface area contributed by atoms with Crippen LogP contribution in [0.15, 0.2) is 48.8 Å². The molecule has 1 aromatic heterocycles. The Morgan fingerprint density at radius 3 is 2.59 bits per heavy atom. The van der Waals surface area contributed by atoms with Gasteiger partial charge >= 0.3 is 0 Å². The van der Waals surface area contributed by atoms with E-state index in [0.29, 0.717) is 12.1 Å². The Morgan fingerprint density at radius 1 is 1.19 bits per heavy atom. The van der Waals surface area contributed by atoms with E-state index in [4.69, 9.17) is 0 Å². The number of amides is 1. The van der Waals surface area contributed by atoms with Gasteiger partial charge in [0.05, 0.1) is 12.2 Å². The smallest absolute Gasteiger partial charge is 0.255 e. The number of nitrogens with zero attached hydrogens (tertiary/aromatic N) is 3. The molecule has 2 aliphatic heterocycles. The van der Waals surface area contributed by atoms with E-state index >= 15 is 0 Å². The molecule has 4 rings (SSSR count). The molecule has 0 spiro atoms. The van der Waals surface area contributed by atoms with Gasteiger partial charge in [0.2, 0.25) is 0 Å². The van der Waals surface area contributed by atoms with Crippen LogP contribution in [0.5, 0.6) is 0 Å². The van der Waals surface area contributed by atoms with Crippen LogP contribution in [0.1, 0.15) is 54.1 Å². The van der Waals surface area contributed by atoms with Crippen LogP contribution >= 0.6 is 0 Å². The van der Waals surface area contributed by atoms with Crippen molar-refractivity contribution in [3.8, 4) is 11.8 Å². The first kappa shape index (κ1) is 22.5. The number of carbonyl (C=O) groups is 1. The fraction of sp³-hybridized carbons (Fsp3) is 0.462. The molecule has 0 radical (unpaired) electrons. The highest BCUT2D eigenvalue weighted by Gasteiger charge is 2.49. The maximum Gasteiger partial charge on any atom is 0.255 e. The number of benzene rings is 1. The molecule has 2 aliphatic rings. The maximum atomic E-state index is 13.1. The summed E-state index contributed by atoms with van der Waals surface area (Å²) in [6.07, 6.45) is 5.26. The fourth-order valence-electron chi connectivity index (χ4n) is 4.81. The first-order valence-electron chi connectivity index (χ1n) is 11.3. The maximum absolute atomic E-state index is 13.1. The molecule has 3 atom stereocenters. The van der Waals surface area contributed by atoms with E-state index in [0.717, 1.165) is 37.1 Å². The van der Waals surface area contributed by atoms with Crippen LogP contribution < -0.4 is 0 Å². The van der Waals surface area contributed by atoms with Gasteiger partial charge in [0.25, 0.3) is 5.91 Å². The van der Waals surface area contributed by atoms with Crippen molar-refractivity contribution in [2.45, 2.75) is 50.3 Å². The highest BCUT2D eigenvalue weighted by Crippen LogP contribution is 2.42. The molecule has 1 aromatic carbocycles. The number of rotatable bonds is 3. The van der Waals surface area contributed by atoms with Gasteiger partial charge in [0, 0.05) is 49.0 Å². The zero-order valence-electron chi connectivity index (χ0n) is 18.7. The van der Waals surface area contributed by atoms with Crippen LogP contribution in [0, 0.1) is 11.8 Å². The summed E-state index contributed by atoms with van der Waals surface area (Å²) >= 11 is 0. The van der Waals surface area contributed by atoms with Gasteiger partial charge in [0.15, 0.2) is 0 Å². The van der Waals surface area contributed by atoms with Crippen molar-refractivity contribution < 1.29 is 15.0 Å². The van der Waals surface area contributed by atoms with E-state index in [1.54, 1.807) is 32.3 Å². The zero-order chi connectivity index (χ0) is 22.7. The molecule has 2 fully saturated rings. The fourth-order valence-corrected chi connectivity index (χ4v) is 4.81. The van der Waals surface area contributed by atoms with E-state index < -0.39 is 5.60 Å². The third-order valence-electron chi connectivity index (χ3n) is 6.37. The molecular weight excluding hydrogens is 402 g/mol. The lowest BCUT2D eigenvalue weighted by Gasteiger charge is -2.57. The molecular formula is C26H31N3O3. The minimum Gasteiger partial charge on any atom is -0.395 e. The molecule has 2 N–H and O–H groups in total. The number of pyridine rings is 1. The van der Waals surface area contributed by atoms with Gasteiger partial charge in [-0.3, -0.25) is 14.7 Å². The minimum absolute atomic E-state index is 0.0170. The molecule has 3 heterocycles. The largest absolute Gasteiger partial charge is 0.395 e. The summed E-state index contributed by atoms with van der Waals surface area (Å²) in [5.41, 5.74) is 1.58. The van der Waals surface area contributed by atoms with E-state index in [1.165, 1.54) is 0 Å². The standard InChI is InChI=1S/C26H31N3O3/c1-26(2,32)12-11-19-7-9-20(10-8-19)24-22-17-28(25(31)21-6-5-13-27-16-21)14-3-4-15-29(22)23(24)18-30/h5-10,13,16,22-24,30,32H,3-4,14-15,17-18H2,1-2H3/t22-,23-,24+/m1/s1. The molecule has 1 amide bonds. The molecule has 0 bridgehead atoms. The highest BCUT2D eigenvalue weighted by atomic mass is 16.3. The normalized spacial score (nSPS) is 23.8. The molecule has 0 saturated carbocycles. The van der Waals surface area contributed by atoms with Gasteiger partial charge in [-0.15, -0.1) is 0 Å². The number of carbonyl (C=O) groups excluding carboxylic acids is 1. The molecule has 32 heavy (non-hydrogen) atoms. The van der Waals surface area contributed by atoms with Crippen LogP contribution in [-0.2, 0) is 0 Å². The summed E-state index contributed by atoms with van der Waals surface area (Å²) in [5, 5.41) is 19.9. The summed E-state index contributed by atoms with van der Waals surface area (Å²) in [4.78, 5) is 21.5. The van der Waals surface area contributed by atoms with Crippen LogP contribution in [-0.4, -0.2) is 74.8 Å². The second-order valence-corrected chi connectivity index (χ2v) is 9.21. The Kier molecular flexibility index (Phi) is 6.61. The Bertz CT molecular complexity index is 989. The van der Waals surface area contributed by atoms with Crippen molar-refractivity contribution in [2.75, 3.05) is 26.2 Å². The lowest BCUT2D eigenvalue weighted by Crippen LogP contribution is -2.67. The molecule has 0 unspecified atom stereocenters. The summed E-state index contributed by atoms with van der Waals surface area (Å²) in [6, 6.07) is 11.9. The van der Waals surface area contributed by atoms with Gasteiger partial charge < -0.3 is 15.1 Å². The number of hydrogen-bond donors (Lipinski definition) is 2. The number of fused-ring (bicyclic) bond motifs is 1. The van der Waals surface area contributed by atoms with Crippen molar-refractivity contribution in [1.82, 2.24) is 14.8 Å². The Hall–Kier alpha value is -2.72. The molecule has 2 aromatic rings. The average molecular weight is 434 g/mol. The van der Waals surface area contributed by atoms with Crippen molar-refractivity contribution in [1.29, 1.82) is 0 Å². The monoisotopic (exact) mass is 433 g/mol. The van der Waals surface area contributed by atoms with E-state index in [9.17, 15) is 15.0 Å². The Balaban J connectivity index is 1.55. The van der Waals surface area contributed by atoms with E-state index in [2.05, 4.69) is 33.9 Å². The van der Waals surface area contributed by atoms with Crippen molar-refractivity contribution >= 4 is 5.91 Å². The number of aliphatic hydroxyl groups is 2. The summed E-state index contributed by atoms with van der Waals surface area (Å²) in [5.74, 6) is 6.01. The van der Waals surface area contributed by atoms with Gasteiger partial charge in [-0.2, -0.15) is 0 Å². The van der Waals surface area contributed by atoms with Crippen molar-refractivity contribution in [3.63, 3.8) is 0 Å². The van der Waals surface area contributed by atoms with Gasteiger partial charge in [-0.1, -0.05) is 24.0 Å². The van der Waals surface area contributed by atoms with Crippen molar-refractivity contribution in [2.24, 2.45) is 0 Å². The van der Waals surface area contributed by atoms with Gasteiger partial charge in [-0.05, 0) is 63.1 Å². The second-order valence-electron chi connectivity index (χ2n) is 9.21. The first-order chi connectivity index (χ1) is 15.4. The van der Waals surface area contributed by atoms with E-state index in [-0.39, 0.29) is 30.5 Å². The van der Waals surface area contributed by atoms with Crippen LogP contribution in [0.4, 0.5) is 0 Å². The van der Waals surface area contributed by atoms with Crippen LogP contribution in [0.2, 0.25) is 0 Å². The topological polar surface area (TPSA) is 76.9 Å². The highest BCUT2D eigenvalue weighted by molar-refractivity contribution is 5.93. The number of hydrogen-bond acceptors (Lipinski definition) is 5. The number of aliphatic hydroxyl groups excluding tert-OH is 1. The van der Waals surface area contributed by atoms with Crippen LogP contribution in [0.25, 0.3) is 0 Å². The minimum atomic E-state index is -1.03. The zero-order valence-corrected chi connectivity index (χ0v) is 18.7. The lowest BCUT2D eigenvalue weighted by atomic mass is 9.74. The predicted octanol–water partition coefficient (Wildman–Crippen LogP) is 2.27. The summed E-state index contributed by atoms with van der Waals surface area (Å²) < 4.78 is 0. The third kappa shape index (κ3) is 4.86. The predicted molar refractivity (Wildman–Crippen MR) is 123 cm³/mol. The lowest BCUT2D eigenvalue weighted by molar-refractivity contribution is -0.0606. The number of aromatic nitrogens is 1. The van der Waals surface area contributed by atoms with Gasteiger partial charge in [-0.25, -0.2) is 0 Å². The molecule has 2 saturated heterocycles. The molecule has 168 valence electrons. The van der Waals surface area contributed by atoms with Gasteiger partial charge in [0.1, 0.15) is 5.60 Å². The molecule has 0 aliphatic carbocycles. The van der Waals surface area contributed by atoms with Crippen LogP contribution in [0.3, 0.4) is 0 Å². The Morgan fingerprint density at radius 2 is 1.94 bits per heavy atom. The van der Waals surface area contributed by atoms with Crippen molar-refractivity contribution in [3.05, 3.63) is 65.5 Å². The summed E-state index contributed by atoms with van der Waals surface area (Å²) in [7, 11) is 0. The molecule has 6 heteroatoms. The third-order valence-corrected chi connectivity index (χ3v) is 6.37. The molecule has 6 nitrogen and oxygen atoms in total. The first-order valence-corrected chi connectivity index (χ1v) is 11.3. The average Bonchev–Trinajstić information content (AvgIpc) is 2.77.